The van der Waals surface area contributed by atoms with Gasteiger partial charge in [-0.3, -0.25) is 13.7 Å². The van der Waals surface area contributed by atoms with Gasteiger partial charge in [-0.15, -0.1) is 0 Å². The van der Waals surface area contributed by atoms with Crippen molar-refractivity contribution in [3.8, 4) is 0 Å². The third kappa shape index (κ3) is 7.67. The van der Waals surface area contributed by atoms with E-state index in [1.54, 1.807) is 0 Å². The monoisotopic (exact) mass is 672 g/mol. The molecule has 0 aromatic rings. The van der Waals surface area contributed by atoms with E-state index in [-0.39, 0.29) is 36.0 Å². The smallest absolute Gasteiger partial charge is 0.264 e. The van der Waals surface area contributed by atoms with Gasteiger partial charge in [0, 0.05) is 0 Å². The summed E-state index contributed by atoms with van der Waals surface area (Å²) in [4.78, 5) is 0. The molecule has 0 saturated heterocycles. The van der Waals surface area contributed by atoms with E-state index in [1.807, 2.05) is 6.92 Å². The van der Waals surface area contributed by atoms with Crippen LogP contribution < -0.4 is 0 Å². The first-order chi connectivity index (χ1) is 19.5. The van der Waals surface area contributed by atoms with Crippen LogP contribution in [-0.4, -0.2) is 57.2 Å². The molecule has 0 aromatic heterocycles. The Morgan fingerprint density at radius 2 is 1.30 bits per heavy atom. The van der Waals surface area contributed by atoms with E-state index in [4.69, 9.17) is 12.5 Å². The largest absolute Gasteiger partial charge is 0.397 e. The predicted octanol–water partition coefficient (Wildman–Crippen LogP) is 5.06. The normalized spacial score (nSPS) is 41.5. The zero-order valence-electron chi connectivity index (χ0n) is 25.6. The highest BCUT2D eigenvalue weighted by Crippen LogP contribution is 2.69. The lowest BCUT2D eigenvalue weighted by Crippen LogP contribution is -2.62. The molecule has 4 rings (SSSR count). The molecular weight excluding hydrogens is 624 g/mol. The second-order valence-corrected chi connectivity index (χ2v) is 17.5. The molecule has 250 valence electrons. The molecule has 0 aromatic carbocycles. The van der Waals surface area contributed by atoms with Crippen molar-refractivity contribution in [1.82, 2.24) is 0 Å². The van der Waals surface area contributed by atoms with E-state index >= 15 is 0 Å². The lowest BCUT2D eigenvalue weighted by molar-refractivity contribution is -0.184. The average Bonchev–Trinajstić information content (AvgIpc) is 3.18. The Labute approximate surface area is 257 Å². The van der Waals surface area contributed by atoms with Gasteiger partial charge in [0.2, 0.25) is 0 Å². The van der Waals surface area contributed by atoms with Crippen LogP contribution in [0.15, 0.2) is 12.2 Å². The van der Waals surface area contributed by atoms with Gasteiger partial charge in [-0.2, -0.15) is 25.3 Å². The Morgan fingerprint density at radius 3 is 1.86 bits per heavy atom. The van der Waals surface area contributed by atoms with Crippen LogP contribution in [-0.2, 0) is 43.7 Å². The average molecular weight is 673 g/mol. The van der Waals surface area contributed by atoms with E-state index in [0.717, 1.165) is 38.5 Å². The zero-order valence-corrected chi connectivity index (χ0v) is 28.0. The van der Waals surface area contributed by atoms with Gasteiger partial charge in [-0.1, -0.05) is 39.8 Å². The van der Waals surface area contributed by atoms with Gasteiger partial charge in [-0.25, -0.2) is 12.5 Å². The highest BCUT2D eigenvalue weighted by Gasteiger charge is 2.65. The van der Waals surface area contributed by atoms with E-state index in [0.29, 0.717) is 24.2 Å². The van der Waals surface area contributed by atoms with Gasteiger partial charge in [0.1, 0.15) is 12.2 Å². The van der Waals surface area contributed by atoms with Crippen molar-refractivity contribution in [2.75, 3.05) is 0 Å². The Bertz CT molecular complexity index is 1380. The van der Waals surface area contributed by atoms with E-state index in [2.05, 4.69) is 34.3 Å². The second kappa shape index (κ2) is 12.2. The molecule has 4 aliphatic rings. The van der Waals surface area contributed by atoms with Crippen LogP contribution in [0.5, 0.6) is 0 Å². The summed E-state index contributed by atoms with van der Waals surface area (Å²) in [5.41, 5.74) is 0.342. The summed E-state index contributed by atoms with van der Waals surface area (Å²) in [6, 6.07) is 0. The third-order valence-corrected chi connectivity index (χ3v) is 13.5. The molecule has 15 heteroatoms. The Balaban J connectivity index is 1.67. The van der Waals surface area contributed by atoms with E-state index < -0.39 is 60.8 Å². The van der Waals surface area contributed by atoms with Crippen molar-refractivity contribution < 1.29 is 51.5 Å². The fourth-order valence-corrected chi connectivity index (χ4v) is 11.5. The SMILES string of the molecule is C=C(C)C(C)CCC(C)C1CCC2C3CC(OS(=O)(=O)O)C4CC(OS(=O)(=O)O)C(OS(=O)(=O)O)CC4(C)C3CCC12C. The maximum Gasteiger partial charge on any atom is 0.397 e. The standard InChI is InChI=1S/C28H48O12S3/c1-16(2)17(3)7-8-18(4)20-9-10-21-19-13-24(38-41(29,30)31)23-14-25(39-42(32,33)34)26(40-43(35,36)37)15-28(23,6)22(19)11-12-27(20,21)5/h17-26H,1,7-15H2,2-6H3,(H,29,30,31)(H,32,33,34)(H,35,36,37). The number of hydrogen-bond donors (Lipinski definition) is 3. The van der Waals surface area contributed by atoms with E-state index in [1.165, 1.54) is 5.57 Å². The summed E-state index contributed by atoms with van der Waals surface area (Å²) in [5.74, 6) is 0.900. The van der Waals surface area contributed by atoms with E-state index in [9.17, 15) is 38.9 Å². The summed E-state index contributed by atoms with van der Waals surface area (Å²) < 4.78 is 114. The summed E-state index contributed by atoms with van der Waals surface area (Å²) in [6.45, 7) is 14.9. The Morgan fingerprint density at radius 1 is 0.767 bits per heavy atom. The molecule has 4 aliphatic carbocycles. The van der Waals surface area contributed by atoms with Crippen LogP contribution in [0.4, 0.5) is 0 Å². The lowest BCUT2D eigenvalue weighted by atomic mass is 9.43. The molecule has 0 amide bonds. The van der Waals surface area contributed by atoms with Gasteiger partial charge in [-0.05, 0) is 117 Å². The summed E-state index contributed by atoms with van der Waals surface area (Å²) >= 11 is 0. The van der Waals surface area contributed by atoms with Crippen LogP contribution in [0, 0.1) is 52.3 Å². The molecule has 0 heterocycles. The fourth-order valence-electron chi connectivity index (χ4n) is 9.97. The van der Waals surface area contributed by atoms with Gasteiger partial charge < -0.3 is 0 Å². The molecule has 0 spiro atoms. The summed E-state index contributed by atoms with van der Waals surface area (Å²) in [7, 11) is -15.0. The molecule has 0 bridgehead atoms. The highest BCUT2D eigenvalue weighted by molar-refractivity contribution is 7.81. The van der Waals surface area contributed by atoms with Crippen LogP contribution in [0.1, 0.15) is 92.4 Å². The first-order valence-corrected chi connectivity index (χ1v) is 19.3. The number of allylic oxidation sites excluding steroid dienone is 1. The van der Waals surface area contributed by atoms with Crippen molar-refractivity contribution >= 4 is 31.2 Å². The van der Waals surface area contributed by atoms with Crippen LogP contribution in [0.25, 0.3) is 0 Å². The fraction of sp³-hybridized carbons (Fsp3) is 0.929. The van der Waals surface area contributed by atoms with Crippen molar-refractivity contribution in [1.29, 1.82) is 0 Å². The zero-order chi connectivity index (χ0) is 32.3. The van der Waals surface area contributed by atoms with Crippen molar-refractivity contribution in [2.24, 2.45) is 52.3 Å². The summed E-state index contributed by atoms with van der Waals surface area (Å²) in [5, 5.41) is 0. The van der Waals surface area contributed by atoms with Gasteiger partial charge in [0.15, 0.2) is 0 Å². The Hall–Kier alpha value is -0.650. The molecule has 43 heavy (non-hydrogen) atoms. The maximum absolute atomic E-state index is 12.0. The molecule has 4 fully saturated rings. The minimum Gasteiger partial charge on any atom is -0.264 e. The van der Waals surface area contributed by atoms with Gasteiger partial charge in [0.05, 0.1) is 6.10 Å². The Kier molecular flexibility index (Phi) is 9.97. The first-order valence-electron chi connectivity index (χ1n) is 15.2. The highest BCUT2D eigenvalue weighted by atomic mass is 32.3. The molecule has 0 aliphatic heterocycles. The molecule has 4 saturated carbocycles. The predicted molar refractivity (Wildman–Crippen MR) is 158 cm³/mol. The van der Waals surface area contributed by atoms with Gasteiger partial charge >= 0.3 is 31.2 Å². The number of fused-ring (bicyclic) bond motifs is 5. The van der Waals surface area contributed by atoms with Crippen molar-refractivity contribution in [2.45, 2.75) is 111 Å². The third-order valence-electron chi connectivity index (χ3n) is 12.0. The first kappa shape index (κ1) is 35.2. The number of rotatable bonds is 11. The second-order valence-electron chi connectivity index (χ2n) is 14.4. The minimum absolute atomic E-state index is 0.00546. The lowest BCUT2D eigenvalue weighted by Gasteiger charge is -2.63. The maximum atomic E-state index is 12.0. The topological polar surface area (TPSA) is 191 Å². The van der Waals surface area contributed by atoms with Crippen LogP contribution >= 0.6 is 0 Å². The van der Waals surface area contributed by atoms with Crippen LogP contribution in [0.3, 0.4) is 0 Å². The molecule has 12 unspecified atom stereocenters. The molecular formula is C28H48O12S3. The molecule has 3 N–H and O–H groups in total. The van der Waals surface area contributed by atoms with Crippen LogP contribution in [0.2, 0.25) is 0 Å². The molecule has 12 atom stereocenters. The summed E-state index contributed by atoms with van der Waals surface area (Å²) in [6.07, 6.45) is 1.71. The quantitative estimate of drug-likeness (QED) is 0.196. The minimum atomic E-state index is -5.06. The molecule has 0 radical (unpaired) electrons. The molecule has 12 nitrogen and oxygen atoms in total. The van der Waals surface area contributed by atoms with Crippen molar-refractivity contribution in [3.05, 3.63) is 12.2 Å². The van der Waals surface area contributed by atoms with Gasteiger partial charge in [0.25, 0.3) is 0 Å². The number of hydrogen-bond acceptors (Lipinski definition) is 9. The van der Waals surface area contributed by atoms with Crippen molar-refractivity contribution in [3.63, 3.8) is 0 Å².